The molecule has 8 nitrogen and oxygen atoms in total. The highest BCUT2D eigenvalue weighted by Gasteiger charge is 2.23. The molecule has 1 aliphatic rings. The normalized spacial score (nSPS) is 16.4. The SMILES string of the molecule is COC(=O)c1ccc(N=C2NC(=O)/C(=C/c3ccc([N+](=O)[O-])cc3)S2)cc1. The van der Waals surface area contributed by atoms with E-state index in [-0.39, 0.29) is 11.6 Å². The third kappa shape index (κ3) is 4.39. The van der Waals surface area contributed by atoms with Gasteiger partial charge in [-0.25, -0.2) is 9.79 Å². The number of methoxy groups -OCH3 is 1. The fraction of sp³-hybridized carbons (Fsp3) is 0.0556. The smallest absolute Gasteiger partial charge is 0.337 e. The molecule has 1 heterocycles. The zero-order chi connectivity index (χ0) is 19.4. The van der Waals surface area contributed by atoms with Crippen molar-refractivity contribution in [2.45, 2.75) is 0 Å². The van der Waals surface area contributed by atoms with Crippen LogP contribution in [0.15, 0.2) is 58.4 Å². The number of hydrogen-bond acceptors (Lipinski definition) is 7. The lowest BCUT2D eigenvalue weighted by molar-refractivity contribution is -0.384. The highest BCUT2D eigenvalue weighted by Crippen LogP contribution is 2.28. The first-order valence-electron chi connectivity index (χ1n) is 7.68. The van der Waals surface area contributed by atoms with E-state index in [9.17, 15) is 19.7 Å². The molecule has 0 aromatic heterocycles. The van der Waals surface area contributed by atoms with E-state index in [2.05, 4.69) is 15.0 Å². The maximum Gasteiger partial charge on any atom is 0.337 e. The van der Waals surface area contributed by atoms with Crippen LogP contribution in [0.25, 0.3) is 6.08 Å². The van der Waals surface area contributed by atoms with Gasteiger partial charge in [0.25, 0.3) is 11.6 Å². The molecule has 1 amide bonds. The van der Waals surface area contributed by atoms with Crippen LogP contribution in [0.2, 0.25) is 0 Å². The molecule has 1 fully saturated rings. The Labute approximate surface area is 158 Å². The van der Waals surface area contributed by atoms with Crippen LogP contribution in [-0.4, -0.2) is 29.1 Å². The van der Waals surface area contributed by atoms with E-state index in [1.54, 1.807) is 42.5 Å². The summed E-state index contributed by atoms with van der Waals surface area (Å²) in [5.41, 5.74) is 1.63. The summed E-state index contributed by atoms with van der Waals surface area (Å²) in [6.45, 7) is 0. The number of carbonyl (C=O) groups is 2. The number of aliphatic imine (C=N–C) groups is 1. The minimum absolute atomic E-state index is 0.0154. The van der Waals surface area contributed by atoms with Gasteiger partial charge in [0.15, 0.2) is 5.17 Å². The summed E-state index contributed by atoms with van der Waals surface area (Å²) in [5, 5.41) is 13.7. The van der Waals surface area contributed by atoms with Gasteiger partial charge in [0.05, 0.1) is 28.2 Å². The molecule has 1 N–H and O–H groups in total. The lowest BCUT2D eigenvalue weighted by Crippen LogP contribution is -2.19. The van der Waals surface area contributed by atoms with Crippen LogP contribution in [-0.2, 0) is 9.53 Å². The van der Waals surface area contributed by atoms with Gasteiger partial charge in [-0.2, -0.15) is 0 Å². The van der Waals surface area contributed by atoms with Crippen molar-refractivity contribution in [3.63, 3.8) is 0 Å². The number of benzene rings is 2. The Bertz CT molecular complexity index is 965. The average Bonchev–Trinajstić information content (AvgIpc) is 3.01. The highest BCUT2D eigenvalue weighted by atomic mass is 32.2. The van der Waals surface area contributed by atoms with E-state index in [1.165, 1.54) is 19.2 Å². The largest absolute Gasteiger partial charge is 0.465 e. The lowest BCUT2D eigenvalue weighted by Gasteiger charge is -2.00. The van der Waals surface area contributed by atoms with Gasteiger partial charge in [0.2, 0.25) is 0 Å². The van der Waals surface area contributed by atoms with E-state index in [0.717, 1.165) is 11.8 Å². The molecule has 0 bridgehead atoms. The van der Waals surface area contributed by atoms with Gasteiger partial charge in [-0.15, -0.1) is 0 Å². The monoisotopic (exact) mass is 383 g/mol. The minimum Gasteiger partial charge on any atom is -0.465 e. The number of esters is 1. The molecule has 9 heteroatoms. The predicted molar refractivity (Wildman–Crippen MR) is 102 cm³/mol. The number of nitro benzene ring substituents is 1. The number of nitro groups is 1. The summed E-state index contributed by atoms with van der Waals surface area (Å²) in [4.78, 5) is 38.5. The van der Waals surface area contributed by atoms with E-state index >= 15 is 0 Å². The summed E-state index contributed by atoms with van der Waals surface area (Å²) in [6, 6.07) is 12.3. The molecule has 0 aliphatic carbocycles. The Balaban J connectivity index is 1.75. The first-order chi connectivity index (χ1) is 13.0. The molecule has 2 aromatic carbocycles. The Morgan fingerprint density at radius 1 is 1.19 bits per heavy atom. The van der Waals surface area contributed by atoms with Crippen LogP contribution >= 0.6 is 11.8 Å². The Kier molecular flexibility index (Phi) is 5.32. The minimum atomic E-state index is -0.482. The summed E-state index contributed by atoms with van der Waals surface area (Å²) in [6.07, 6.45) is 1.63. The number of nitrogens with zero attached hydrogens (tertiary/aromatic N) is 2. The first kappa shape index (κ1) is 18.3. The van der Waals surface area contributed by atoms with Crippen molar-refractivity contribution >= 4 is 46.3 Å². The summed E-state index contributed by atoms with van der Waals surface area (Å²) in [5.74, 6) is -0.741. The van der Waals surface area contributed by atoms with E-state index < -0.39 is 10.9 Å². The number of thioether (sulfide) groups is 1. The molecule has 0 atom stereocenters. The van der Waals surface area contributed by atoms with Gasteiger partial charge in [-0.3, -0.25) is 14.9 Å². The molecule has 0 radical (unpaired) electrons. The van der Waals surface area contributed by atoms with Gasteiger partial charge in [0, 0.05) is 12.1 Å². The van der Waals surface area contributed by atoms with Crippen molar-refractivity contribution in [2.24, 2.45) is 4.99 Å². The van der Waals surface area contributed by atoms with Crippen LogP contribution in [0.3, 0.4) is 0 Å². The average molecular weight is 383 g/mol. The quantitative estimate of drug-likeness (QED) is 0.375. The van der Waals surface area contributed by atoms with Crippen molar-refractivity contribution in [1.82, 2.24) is 5.32 Å². The molecule has 0 saturated carbocycles. The number of nitrogens with one attached hydrogen (secondary N) is 1. The van der Waals surface area contributed by atoms with Gasteiger partial charge in [-0.1, -0.05) is 0 Å². The zero-order valence-corrected chi connectivity index (χ0v) is 14.9. The van der Waals surface area contributed by atoms with Crippen LogP contribution in [0.5, 0.6) is 0 Å². The van der Waals surface area contributed by atoms with Gasteiger partial charge in [-0.05, 0) is 59.8 Å². The highest BCUT2D eigenvalue weighted by molar-refractivity contribution is 8.18. The molecule has 2 aromatic rings. The maximum absolute atomic E-state index is 12.1. The van der Waals surface area contributed by atoms with Gasteiger partial charge in [0.1, 0.15) is 0 Å². The number of rotatable bonds is 4. The van der Waals surface area contributed by atoms with Crippen LogP contribution in [0.4, 0.5) is 11.4 Å². The topological polar surface area (TPSA) is 111 Å². The third-order valence-electron chi connectivity index (χ3n) is 3.57. The molecule has 0 unspecified atom stereocenters. The summed E-state index contributed by atoms with van der Waals surface area (Å²) < 4.78 is 4.63. The summed E-state index contributed by atoms with van der Waals surface area (Å²) in [7, 11) is 1.31. The molecular weight excluding hydrogens is 370 g/mol. The van der Waals surface area contributed by atoms with Crippen LogP contribution in [0, 0.1) is 10.1 Å². The van der Waals surface area contributed by atoms with Crippen molar-refractivity contribution in [1.29, 1.82) is 0 Å². The maximum atomic E-state index is 12.1. The Morgan fingerprint density at radius 3 is 2.44 bits per heavy atom. The molecular formula is C18H13N3O5S. The number of non-ortho nitro benzene ring substituents is 1. The number of ether oxygens (including phenoxy) is 1. The fourth-order valence-electron chi connectivity index (χ4n) is 2.23. The van der Waals surface area contributed by atoms with Gasteiger partial charge < -0.3 is 10.1 Å². The van der Waals surface area contributed by atoms with Crippen molar-refractivity contribution in [3.8, 4) is 0 Å². The lowest BCUT2D eigenvalue weighted by atomic mass is 10.2. The molecule has 1 aliphatic heterocycles. The number of amides is 1. The Hall–Kier alpha value is -3.46. The van der Waals surface area contributed by atoms with Crippen LogP contribution in [0.1, 0.15) is 15.9 Å². The molecule has 1 saturated heterocycles. The molecule has 3 rings (SSSR count). The van der Waals surface area contributed by atoms with Crippen molar-refractivity contribution in [3.05, 3.63) is 74.7 Å². The number of amidine groups is 1. The van der Waals surface area contributed by atoms with Crippen molar-refractivity contribution in [2.75, 3.05) is 7.11 Å². The third-order valence-corrected chi connectivity index (χ3v) is 4.48. The zero-order valence-electron chi connectivity index (χ0n) is 14.0. The van der Waals surface area contributed by atoms with E-state index in [4.69, 9.17) is 0 Å². The molecule has 136 valence electrons. The fourth-order valence-corrected chi connectivity index (χ4v) is 3.07. The first-order valence-corrected chi connectivity index (χ1v) is 8.50. The standard InChI is InChI=1S/C18H13N3O5S/c1-26-17(23)12-4-6-13(7-5-12)19-18-20-16(22)15(27-18)10-11-2-8-14(9-3-11)21(24)25/h2-10H,1H3,(H,19,20,22)/b15-10-. The second-order valence-corrected chi connectivity index (χ2v) is 6.40. The van der Waals surface area contributed by atoms with Gasteiger partial charge >= 0.3 is 5.97 Å². The van der Waals surface area contributed by atoms with Crippen LogP contribution < -0.4 is 5.32 Å². The second-order valence-electron chi connectivity index (χ2n) is 5.37. The van der Waals surface area contributed by atoms with E-state index in [1.807, 2.05) is 0 Å². The summed E-state index contributed by atoms with van der Waals surface area (Å²) >= 11 is 1.16. The predicted octanol–water partition coefficient (Wildman–Crippen LogP) is 3.27. The number of hydrogen-bond donors (Lipinski definition) is 1. The Morgan fingerprint density at radius 2 is 1.85 bits per heavy atom. The molecule has 27 heavy (non-hydrogen) atoms. The molecule has 0 spiro atoms. The number of carbonyl (C=O) groups excluding carboxylic acids is 2. The van der Waals surface area contributed by atoms with Crippen molar-refractivity contribution < 1.29 is 19.2 Å². The second kappa shape index (κ2) is 7.83. The van der Waals surface area contributed by atoms with E-state index in [0.29, 0.717) is 26.9 Å².